The van der Waals surface area contributed by atoms with Crippen LogP contribution in [0.25, 0.3) is 0 Å². The summed E-state index contributed by atoms with van der Waals surface area (Å²) in [7, 11) is 1.78. The van der Waals surface area contributed by atoms with E-state index in [0.717, 1.165) is 29.9 Å². The first-order valence-electron chi connectivity index (χ1n) is 9.30. The number of ether oxygens (including phenoxy) is 1. The first-order valence-corrected chi connectivity index (χ1v) is 10.6. The fourth-order valence-electron chi connectivity index (χ4n) is 3.58. The van der Waals surface area contributed by atoms with Crippen LogP contribution in [0.15, 0.2) is 23.2 Å². The molecular formula is C19H30FIN4OS. The van der Waals surface area contributed by atoms with Crippen molar-refractivity contribution in [1.29, 1.82) is 0 Å². The molecule has 1 aliphatic carbocycles. The molecule has 3 rings (SSSR count). The molecule has 0 bridgehead atoms. The maximum absolute atomic E-state index is 14.5. The highest BCUT2D eigenvalue weighted by atomic mass is 127. The lowest BCUT2D eigenvalue weighted by atomic mass is 10.1. The molecule has 1 aromatic rings. The predicted molar refractivity (Wildman–Crippen MR) is 123 cm³/mol. The van der Waals surface area contributed by atoms with Crippen molar-refractivity contribution in [3.63, 3.8) is 0 Å². The lowest BCUT2D eigenvalue weighted by Gasteiger charge is -2.29. The molecule has 0 amide bonds. The highest BCUT2D eigenvalue weighted by Gasteiger charge is 2.24. The van der Waals surface area contributed by atoms with Crippen LogP contribution in [0.2, 0.25) is 0 Å². The summed E-state index contributed by atoms with van der Waals surface area (Å²) in [5, 5.41) is 7.53. The SMILES string of the molecule is CN=C(NCc1ccc(N2CCOCC2)c(F)c1)NC1CCC(SC)C1.I. The number of rotatable bonds is 5. The van der Waals surface area contributed by atoms with Gasteiger partial charge in [-0.3, -0.25) is 4.99 Å². The highest BCUT2D eigenvalue weighted by Crippen LogP contribution is 2.28. The van der Waals surface area contributed by atoms with Gasteiger partial charge in [0, 0.05) is 38.0 Å². The molecule has 5 nitrogen and oxygen atoms in total. The Morgan fingerprint density at radius 1 is 1.33 bits per heavy atom. The molecular weight excluding hydrogens is 478 g/mol. The Bertz CT molecular complexity index is 628. The number of aliphatic imine (C=N–C) groups is 1. The fourth-order valence-corrected chi connectivity index (χ4v) is 4.38. The minimum absolute atomic E-state index is 0. The lowest BCUT2D eigenvalue weighted by Crippen LogP contribution is -2.42. The summed E-state index contributed by atoms with van der Waals surface area (Å²) in [6, 6.07) is 5.94. The van der Waals surface area contributed by atoms with Gasteiger partial charge in [-0.1, -0.05) is 6.07 Å². The normalized spacial score (nSPS) is 23.1. The lowest BCUT2D eigenvalue weighted by molar-refractivity contribution is 0.122. The van der Waals surface area contributed by atoms with Crippen molar-refractivity contribution >= 4 is 47.4 Å². The third-order valence-electron chi connectivity index (χ3n) is 5.11. The summed E-state index contributed by atoms with van der Waals surface area (Å²) >= 11 is 1.94. The second-order valence-electron chi connectivity index (χ2n) is 6.82. The second-order valence-corrected chi connectivity index (χ2v) is 7.96. The molecule has 1 aromatic carbocycles. The Morgan fingerprint density at radius 3 is 2.74 bits per heavy atom. The van der Waals surface area contributed by atoms with Gasteiger partial charge in [-0.2, -0.15) is 11.8 Å². The van der Waals surface area contributed by atoms with E-state index < -0.39 is 0 Å². The van der Waals surface area contributed by atoms with E-state index in [1.54, 1.807) is 13.1 Å². The highest BCUT2D eigenvalue weighted by molar-refractivity contribution is 14.0. The number of morpholine rings is 1. The average molecular weight is 508 g/mol. The molecule has 2 N–H and O–H groups in total. The van der Waals surface area contributed by atoms with Crippen LogP contribution in [-0.4, -0.2) is 56.9 Å². The first-order chi connectivity index (χ1) is 12.7. The topological polar surface area (TPSA) is 48.9 Å². The van der Waals surface area contributed by atoms with Gasteiger partial charge < -0.3 is 20.3 Å². The summed E-state index contributed by atoms with van der Waals surface area (Å²) in [6.07, 6.45) is 5.78. The molecule has 2 fully saturated rings. The summed E-state index contributed by atoms with van der Waals surface area (Å²) in [5.41, 5.74) is 1.57. The number of nitrogens with one attached hydrogen (secondary N) is 2. The van der Waals surface area contributed by atoms with Gasteiger partial charge in [-0.05, 0) is 43.2 Å². The third kappa shape index (κ3) is 6.39. The standard InChI is InChI=1S/C19H29FN4OS.HI/c1-21-19(23-15-4-5-16(12-15)26-2)22-13-14-3-6-18(17(20)11-14)24-7-9-25-10-8-24;/h3,6,11,15-16H,4-5,7-10,12-13H2,1-2H3,(H2,21,22,23);1H. The van der Waals surface area contributed by atoms with Gasteiger partial charge in [-0.15, -0.1) is 24.0 Å². The van der Waals surface area contributed by atoms with E-state index in [-0.39, 0.29) is 29.8 Å². The Labute approximate surface area is 182 Å². The van der Waals surface area contributed by atoms with Crippen LogP contribution in [0.4, 0.5) is 10.1 Å². The number of hydrogen-bond acceptors (Lipinski definition) is 4. The fraction of sp³-hybridized carbons (Fsp3) is 0.632. The molecule has 2 aliphatic rings. The number of nitrogens with zero attached hydrogens (tertiary/aromatic N) is 2. The maximum Gasteiger partial charge on any atom is 0.191 e. The molecule has 0 radical (unpaired) electrons. The van der Waals surface area contributed by atoms with E-state index in [0.29, 0.717) is 31.5 Å². The van der Waals surface area contributed by atoms with Crippen molar-refractivity contribution in [3.8, 4) is 0 Å². The van der Waals surface area contributed by atoms with Crippen molar-refractivity contribution in [3.05, 3.63) is 29.6 Å². The summed E-state index contributed by atoms with van der Waals surface area (Å²) < 4.78 is 19.8. The van der Waals surface area contributed by atoms with Crippen LogP contribution >= 0.6 is 35.7 Å². The van der Waals surface area contributed by atoms with Crippen molar-refractivity contribution in [2.24, 2.45) is 4.99 Å². The molecule has 2 unspecified atom stereocenters. The van der Waals surface area contributed by atoms with Crippen LogP contribution < -0.4 is 15.5 Å². The van der Waals surface area contributed by atoms with Crippen molar-refractivity contribution in [2.75, 3.05) is 44.5 Å². The largest absolute Gasteiger partial charge is 0.378 e. The maximum atomic E-state index is 14.5. The molecule has 152 valence electrons. The van der Waals surface area contributed by atoms with E-state index in [1.165, 1.54) is 19.3 Å². The Hall–Kier alpha value is -0.740. The molecule has 0 aromatic heterocycles. The van der Waals surface area contributed by atoms with E-state index >= 15 is 0 Å². The summed E-state index contributed by atoms with van der Waals surface area (Å²) in [4.78, 5) is 6.34. The zero-order valence-corrected chi connectivity index (χ0v) is 19.2. The van der Waals surface area contributed by atoms with Gasteiger partial charge in [0.1, 0.15) is 5.82 Å². The monoisotopic (exact) mass is 508 g/mol. The number of guanidine groups is 1. The van der Waals surface area contributed by atoms with Gasteiger partial charge in [-0.25, -0.2) is 4.39 Å². The smallest absolute Gasteiger partial charge is 0.191 e. The van der Waals surface area contributed by atoms with Crippen LogP contribution in [-0.2, 0) is 11.3 Å². The van der Waals surface area contributed by atoms with Gasteiger partial charge >= 0.3 is 0 Å². The van der Waals surface area contributed by atoms with E-state index in [2.05, 4.69) is 21.9 Å². The predicted octanol–water partition coefficient (Wildman–Crippen LogP) is 3.23. The van der Waals surface area contributed by atoms with Gasteiger partial charge in [0.05, 0.1) is 18.9 Å². The molecule has 1 saturated carbocycles. The molecule has 2 atom stereocenters. The van der Waals surface area contributed by atoms with E-state index in [1.807, 2.05) is 28.8 Å². The van der Waals surface area contributed by atoms with Crippen molar-refractivity contribution in [1.82, 2.24) is 10.6 Å². The third-order valence-corrected chi connectivity index (χ3v) is 6.20. The minimum atomic E-state index is -0.173. The minimum Gasteiger partial charge on any atom is -0.378 e. The number of benzene rings is 1. The van der Waals surface area contributed by atoms with E-state index in [9.17, 15) is 4.39 Å². The van der Waals surface area contributed by atoms with Crippen molar-refractivity contribution in [2.45, 2.75) is 37.1 Å². The quantitative estimate of drug-likeness (QED) is 0.364. The van der Waals surface area contributed by atoms with Crippen LogP contribution in [0, 0.1) is 5.82 Å². The van der Waals surface area contributed by atoms with Crippen LogP contribution in [0.5, 0.6) is 0 Å². The molecule has 1 saturated heterocycles. The molecule has 8 heteroatoms. The number of thioether (sulfide) groups is 1. The Morgan fingerprint density at radius 2 is 2.11 bits per heavy atom. The second kappa shape index (κ2) is 11.3. The average Bonchev–Trinajstić information content (AvgIpc) is 3.13. The molecule has 1 aliphatic heterocycles. The zero-order valence-electron chi connectivity index (χ0n) is 16.0. The van der Waals surface area contributed by atoms with E-state index in [4.69, 9.17) is 4.74 Å². The number of anilines is 1. The Kier molecular flexibility index (Phi) is 9.44. The van der Waals surface area contributed by atoms with Gasteiger partial charge in [0.15, 0.2) is 5.96 Å². The van der Waals surface area contributed by atoms with Crippen molar-refractivity contribution < 1.29 is 9.13 Å². The number of hydrogen-bond donors (Lipinski definition) is 2. The number of halogens is 2. The van der Waals surface area contributed by atoms with Gasteiger partial charge in [0.2, 0.25) is 0 Å². The van der Waals surface area contributed by atoms with Crippen LogP contribution in [0.1, 0.15) is 24.8 Å². The van der Waals surface area contributed by atoms with Crippen LogP contribution in [0.3, 0.4) is 0 Å². The Balaban J connectivity index is 0.00000261. The first kappa shape index (κ1) is 22.5. The van der Waals surface area contributed by atoms with Gasteiger partial charge in [0.25, 0.3) is 0 Å². The zero-order chi connectivity index (χ0) is 18.4. The molecule has 0 spiro atoms. The molecule has 27 heavy (non-hydrogen) atoms. The molecule has 1 heterocycles. The summed E-state index contributed by atoms with van der Waals surface area (Å²) in [6.45, 7) is 3.35. The summed E-state index contributed by atoms with van der Waals surface area (Å²) in [5.74, 6) is 0.613.